The molecule has 1 aliphatic rings. The smallest absolute Gasteiger partial charge is 0.109 e. The number of ether oxygens (including phenoxy) is 1. The lowest BCUT2D eigenvalue weighted by Gasteiger charge is -2.37. The normalized spacial score (nSPS) is 29.9. The van der Waals surface area contributed by atoms with Crippen LogP contribution in [0.5, 0.6) is 0 Å². The molecule has 0 saturated heterocycles. The van der Waals surface area contributed by atoms with Gasteiger partial charge >= 0.3 is 0 Å². The second-order valence-electron chi connectivity index (χ2n) is 6.45. The van der Waals surface area contributed by atoms with Crippen LogP contribution in [-0.2, 0) is 4.74 Å². The van der Waals surface area contributed by atoms with Gasteiger partial charge in [-0.1, -0.05) is 44.2 Å². The summed E-state index contributed by atoms with van der Waals surface area (Å²) < 4.78 is 5.86. The Bertz CT molecular complexity index is 380. The first-order valence-electron chi connectivity index (χ1n) is 7.96. The van der Waals surface area contributed by atoms with Gasteiger partial charge in [0.05, 0.1) is 6.10 Å². The van der Waals surface area contributed by atoms with Crippen molar-refractivity contribution in [2.75, 3.05) is 6.61 Å². The number of benzene rings is 1. The summed E-state index contributed by atoms with van der Waals surface area (Å²) in [5.74, 6) is 1.76. The zero-order valence-corrected chi connectivity index (χ0v) is 13.0. The van der Waals surface area contributed by atoms with Crippen molar-refractivity contribution in [3.63, 3.8) is 0 Å². The topological polar surface area (TPSA) is 29.5 Å². The molecule has 4 atom stereocenters. The van der Waals surface area contributed by atoms with Gasteiger partial charge < -0.3 is 9.84 Å². The highest BCUT2D eigenvalue weighted by molar-refractivity contribution is 5.19. The minimum atomic E-state index is -0.400. The molecular weight excluding hydrogens is 248 g/mol. The van der Waals surface area contributed by atoms with E-state index >= 15 is 0 Å². The van der Waals surface area contributed by atoms with E-state index in [1.165, 1.54) is 6.42 Å². The number of hydrogen-bond donors (Lipinski definition) is 1. The van der Waals surface area contributed by atoms with Crippen molar-refractivity contribution in [2.45, 2.75) is 52.2 Å². The molecule has 2 heteroatoms. The Hall–Kier alpha value is -0.860. The van der Waals surface area contributed by atoms with Crippen molar-refractivity contribution in [3.8, 4) is 0 Å². The zero-order valence-electron chi connectivity index (χ0n) is 13.0. The first-order valence-corrected chi connectivity index (χ1v) is 7.96. The molecule has 20 heavy (non-hydrogen) atoms. The van der Waals surface area contributed by atoms with Gasteiger partial charge in [-0.05, 0) is 49.5 Å². The fourth-order valence-electron chi connectivity index (χ4n) is 3.75. The minimum absolute atomic E-state index is 0.191. The van der Waals surface area contributed by atoms with Crippen molar-refractivity contribution in [1.82, 2.24) is 0 Å². The van der Waals surface area contributed by atoms with Gasteiger partial charge in [-0.15, -0.1) is 0 Å². The lowest BCUT2D eigenvalue weighted by atomic mass is 9.73. The highest BCUT2D eigenvalue weighted by Gasteiger charge is 2.34. The second kappa shape index (κ2) is 7.24. The molecule has 0 aromatic heterocycles. The van der Waals surface area contributed by atoms with E-state index < -0.39 is 6.10 Å². The Morgan fingerprint density at radius 1 is 1.10 bits per heavy atom. The average molecular weight is 276 g/mol. The summed E-state index contributed by atoms with van der Waals surface area (Å²) in [5.41, 5.74) is 1.09. The largest absolute Gasteiger partial charge is 0.390 e. The summed E-state index contributed by atoms with van der Waals surface area (Å²) in [6.45, 7) is 7.23. The van der Waals surface area contributed by atoms with Crippen molar-refractivity contribution >= 4 is 0 Å². The van der Waals surface area contributed by atoms with Crippen molar-refractivity contribution < 1.29 is 9.84 Å². The van der Waals surface area contributed by atoms with E-state index in [4.69, 9.17) is 4.74 Å². The highest BCUT2D eigenvalue weighted by Crippen LogP contribution is 2.38. The molecule has 4 unspecified atom stereocenters. The van der Waals surface area contributed by atoms with Crippen LogP contribution in [0, 0.1) is 17.8 Å². The van der Waals surface area contributed by atoms with Gasteiger partial charge in [0, 0.05) is 6.61 Å². The third-order valence-electron chi connectivity index (χ3n) is 4.48. The van der Waals surface area contributed by atoms with Crippen molar-refractivity contribution in [1.29, 1.82) is 0 Å². The lowest BCUT2D eigenvalue weighted by molar-refractivity contribution is -0.0746. The Balaban J connectivity index is 2.12. The quantitative estimate of drug-likeness (QED) is 0.873. The van der Waals surface area contributed by atoms with Gasteiger partial charge in [0.1, 0.15) is 6.10 Å². The average Bonchev–Trinajstić information content (AvgIpc) is 2.44. The van der Waals surface area contributed by atoms with Crippen molar-refractivity contribution in [2.24, 2.45) is 17.8 Å². The monoisotopic (exact) mass is 276 g/mol. The standard InChI is InChI=1S/C18H28O2/c1-4-20-18(15-8-6-5-7-9-15)17(19)16-11-13(2)10-14(3)12-16/h5-9,13-14,16-19H,4,10-12H2,1-3H3. The number of hydrogen-bond acceptors (Lipinski definition) is 2. The molecule has 2 rings (SSSR count). The van der Waals surface area contributed by atoms with Crippen LogP contribution in [-0.4, -0.2) is 17.8 Å². The van der Waals surface area contributed by atoms with Gasteiger partial charge in [0.25, 0.3) is 0 Å². The molecule has 0 spiro atoms. The van der Waals surface area contributed by atoms with Crippen LogP contribution in [0.4, 0.5) is 0 Å². The van der Waals surface area contributed by atoms with Gasteiger partial charge in [-0.3, -0.25) is 0 Å². The maximum Gasteiger partial charge on any atom is 0.109 e. The van der Waals surface area contributed by atoms with Gasteiger partial charge in [0.2, 0.25) is 0 Å². The van der Waals surface area contributed by atoms with Crippen LogP contribution in [0.25, 0.3) is 0 Å². The summed E-state index contributed by atoms with van der Waals surface area (Å²) in [7, 11) is 0. The van der Waals surface area contributed by atoms with E-state index in [0.717, 1.165) is 18.4 Å². The van der Waals surface area contributed by atoms with Crippen LogP contribution in [0.15, 0.2) is 30.3 Å². The van der Waals surface area contributed by atoms with Crippen LogP contribution in [0.1, 0.15) is 51.7 Å². The Labute approximate surface area is 123 Å². The minimum Gasteiger partial charge on any atom is -0.390 e. The third kappa shape index (κ3) is 3.83. The summed E-state index contributed by atoms with van der Waals surface area (Å²) in [5, 5.41) is 10.8. The Morgan fingerprint density at radius 2 is 1.70 bits per heavy atom. The SMILES string of the molecule is CCOC(c1ccccc1)C(O)C1CC(C)CC(C)C1. The zero-order chi connectivity index (χ0) is 14.5. The fourth-order valence-corrected chi connectivity index (χ4v) is 3.75. The van der Waals surface area contributed by atoms with Crippen LogP contribution in [0.2, 0.25) is 0 Å². The summed E-state index contributed by atoms with van der Waals surface area (Å²) in [6, 6.07) is 10.1. The van der Waals surface area contributed by atoms with Gasteiger partial charge in [-0.25, -0.2) is 0 Å². The van der Waals surface area contributed by atoms with Crippen molar-refractivity contribution in [3.05, 3.63) is 35.9 Å². The first-order chi connectivity index (χ1) is 9.61. The molecule has 112 valence electrons. The summed E-state index contributed by atoms with van der Waals surface area (Å²) in [4.78, 5) is 0. The van der Waals surface area contributed by atoms with Crippen LogP contribution >= 0.6 is 0 Å². The number of aliphatic hydroxyl groups is 1. The van der Waals surface area contributed by atoms with E-state index in [2.05, 4.69) is 26.0 Å². The van der Waals surface area contributed by atoms with Crippen LogP contribution in [0.3, 0.4) is 0 Å². The second-order valence-corrected chi connectivity index (χ2v) is 6.45. The van der Waals surface area contributed by atoms with E-state index in [9.17, 15) is 5.11 Å². The molecule has 1 N–H and O–H groups in total. The predicted molar refractivity (Wildman–Crippen MR) is 82.5 cm³/mol. The molecule has 2 nitrogen and oxygen atoms in total. The molecule has 1 aromatic rings. The van der Waals surface area contributed by atoms with E-state index in [-0.39, 0.29) is 6.10 Å². The van der Waals surface area contributed by atoms with Gasteiger partial charge in [0.15, 0.2) is 0 Å². The van der Waals surface area contributed by atoms with E-state index in [1.807, 2.05) is 25.1 Å². The molecular formula is C18H28O2. The predicted octanol–water partition coefficient (Wildman–Crippen LogP) is 4.20. The molecule has 0 heterocycles. The van der Waals surface area contributed by atoms with Gasteiger partial charge in [-0.2, -0.15) is 0 Å². The summed E-state index contributed by atoms with van der Waals surface area (Å²) in [6.07, 6.45) is 2.92. The molecule has 1 aliphatic carbocycles. The lowest BCUT2D eigenvalue weighted by Crippen LogP contribution is -2.34. The van der Waals surface area contributed by atoms with Crippen LogP contribution < -0.4 is 0 Å². The number of aliphatic hydroxyl groups excluding tert-OH is 1. The van der Waals surface area contributed by atoms with E-state index in [0.29, 0.717) is 24.4 Å². The summed E-state index contributed by atoms with van der Waals surface area (Å²) >= 11 is 0. The number of rotatable bonds is 5. The fraction of sp³-hybridized carbons (Fsp3) is 0.667. The molecule has 0 amide bonds. The molecule has 0 aliphatic heterocycles. The molecule has 0 radical (unpaired) electrons. The molecule has 1 fully saturated rings. The van der Waals surface area contributed by atoms with E-state index in [1.54, 1.807) is 0 Å². The highest BCUT2D eigenvalue weighted by atomic mass is 16.5. The maximum absolute atomic E-state index is 10.8. The molecule has 1 aromatic carbocycles. The maximum atomic E-state index is 10.8. The first kappa shape index (κ1) is 15.5. The third-order valence-corrected chi connectivity index (χ3v) is 4.48. The Kier molecular flexibility index (Phi) is 5.62. The Morgan fingerprint density at radius 3 is 2.25 bits per heavy atom. The molecule has 1 saturated carbocycles. The molecule has 0 bridgehead atoms.